The molecule has 0 saturated carbocycles. The first-order valence-corrected chi connectivity index (χ1v) is 15.7. The Morgan fingerprint density at radius 1 is 1.11 bits per heavy atom. The SMILES string of the molecule is CC(C)N1C(=O)CC2(CCCN(C3CCN(C(=O)c4c(N(C(=O)O)C(C)(C)C)sc5nc(C(F)(F)F)ccc45)CC3)C2)C1=O. The number of halogens is 3. The van der Waals surface area contributed by atoms with E-state index in [0.29, 0.717) is 38.9 Å². The Morgan fingerprint density at radius 3 is 2.32 bits per heavy atom. The van der Waals surface area contributed by atoms with Gasteiger partial charge < -0.3 is 10.0 Å². The van der Waals surface area contributed by atoms with Crippen molar-refractivity contribution in [2.75, 3.05) is 31.1 Å². The Kier molecular flexibility index (Phi) is 8.23. The van der Waals surface area contributed by atoms with Crippen LogP contribution in [-0.4, -0.2) is 92.4 Å². The summed E-state index contributed by atoms with van der Waals surface area (Å²) >= 11 is 0.761. The van der Waals surface area contributed by atoms with Crippen LogP contribution >= 0.6 is 11.3 Å². The molecule has 5 heterocycles. The van der Waals surface area contributed by atoms with Gasteiger partial charge in [-0.25, -0.2) is 9.78 Å². The summed E-state index contributed by atoms with van der Waals surface area (Å²) in [5.41, 5.74) is -2.79. The van der Waals surface area contributed by atoms with Gasteiger partial charge in [0.1, 0.15) is 15.5 Å². The molecule has 3 fully saturated rings. The Labute approximate surface area is 257 Å². The number of nitrogens with zero attached hydrogens (tertiary/aromatic N) is 5. The van der Waals surface area contributed by atoms with Gasteiger partial charge in [-0.3, -0.25) is 29.1 Å². The van der Waals surface area contributed by atoms with Crippen LogP contribution in [0.1, 0.15) is 82.8 Å². The maximum absolute atomic E-state index is 14.1. The van der Waals surface area contributed by atoms with Gasteiger partial charge in [-0.1, -0.05) is 11.3 Å². The van der Waals surface area contributed by atoms with Crippen molar-refractivity contribution in [2.24, 2.45) is 5.41 Å². The lowest BCUT2D eigenvalue weighted by Crippen LogP contribution is -2.54. The molecular weight excluding hydrogens is 599 g/mol. The maximum Gasteiger partial charge on any atom is 0.433 e. The van der Waals surface area contributed by atoms with Crippen molar-refractivity contribution >= 4 is 50.4 Å². The number of carbonyl (C=O) groups is 4. The van der Waals surface area contributed by atoms with Crippen LogP contribution in [0.4, 0.5) is 23.0 Å². The largest absolute Gasteiger partial charge is 0.465 e. The number of aromatic nitrogens is 1. The van der Waals surface area contributed by atoms with Crippen LogP contribution in [0.3, 0.4) is 0 Å². The van der Waals surface area contributed by atoms with Crippen molar-refractivity contribution in [3.63, 3.8) is 0 Å². The number of alkyl halides is 3. The quantitative estimate of drug-likeness (QED) is 0.444. The van der Waals surface area contributed by atoms with E-state index in [0.717, 1.165) is 35.3 Å². The van der Waals surface area contributed by atoms with Gasteiger partial charge in [0, 0.05) is 49.1 Å². The summed E-state index contributed by atoms with van der Waals surface area (Å²) in [6.45, 7) is 10.6. The van der Waals surface area contributed by atoms with Gasteiger partial charge >= 0.3 is 12.3 Å². The molecule has 2 aromatic rings. The van der Waals surface area contributed by atoms with E-state index in [1.807, 2.05) is 13.8 Å². The molecular formula is C30H38F3N5O5S. The topological polar surface area (TPSA) is 114 Å². The molecule has 3 aliphatic heterocycles. The van der Waals surface area contributed by atoms with E-state index in [4.69, 9.17) is 0 Å². The molecule has 2 aromatic heterocycles. The highest BCUT2D eigenvalue weighted by atomic mass is 32.1. The van der Waals surface area contributed by atoms with Crippen LogP contribution in [0.25, 0.3) is 10.2 Å². The number of amides is 4. The third-order valence-electron chi connectivity index (χ3n) is 8.93. The number of thiophene rings is 1. The number of anilines is 1. The van der Waals surface area contributed by atoms with Crippen molar-refractivity contribution in [3.05, 3.63) is 23.4 Å². The zero-order valence-electron chi connectivity index (χ0n) is 25.5. The second-order valence-corrected chi connectivity index (χ2v) is 14.3. The molecule has 0 radical (unpaired) electrons. The summed E-state index contributed by atoms with van der Waals surface area (Å²) in [6.07, 6.45) is -3.15. The molecule has 0 aromatic carbocycles. The zero-order valence-corrected chi connectivity index (χ0v) is 26.3. The Bertz CT molecular complexity index is 1490. The summed E-state index contributed by atoms with van der Waals surface area (Å²) in [5, 5.41) is 10.3. The molecule has 1 unspecified atom stereocenters. The summed E-state index contributed by atoms with van der Waals surface area (Å²) in [7, 11) is 0. The summed E-state index contributed by atoms with van der Waals surface area (Å²) in [5.74, 6) is -0.689. The van der Waals surface area contributed by atoms with Crippen molar-refractivity contribution in [1.82, 2.24) is 19.7 Å². The highest BCUT2D eigenvalue weighted by Crippen LogP contribution is 2.44. The van der Waals surface area contributed by atoms with E-state index in [-0.39, 0.29) is 51.1 Å². The van der Waals surface area contributed by atoms with Crippen LogP contribution < -0.4 is 4.90 Å². The summed E-state index contributed by atoms with van der Waals surface area (Å²) < 4.78 is 40.4. The van der Waals surface area contributed by atoms with Gasteiger partial charge in [-0.2, -0.15) is 13.2 Å². The molecule has 1 spiro atoms. The molecule has 1 atom stereocenters. The van der Waals surface area contributed by atoms with Crippen LogP contribution in [0.5, 0.6) is 0 Å². The van der Waals surface area contributed by atoms with E-state index in [1.165, 1.54) is 11.0 Å². The van der Waals surface area contributed by atoms with Gasteiger partial charge in [0.25, 0.3) is 5.91 Å². The normalized spacial score (nSPS) is 22.6. The molecule has 0 aliphatic carbocycles. The Hall–Kier alpha value is -3.26. The first-order chi connectivity index (χ1) is 20.4. The fourth-order valence-corrected chi connectivity index (χ4v) is 8.25. The molecule has 4 amide bonds. The fraction of sp³-hybridized carbons (Fsp3) is 0.633. The second-order valence-electron chi connectivity index (χ2n) is 13.3. The Morgan fingerprint density at radius 2 is 1.77 bits per heavy atom. The average molecular weight is 638 g/mol. The average Bonchev–Trinajstić information content (AvgIpc) is 3.39. The minimum Gasteiger partial charge on any atom is -0.465 e. The maximum atomic E-state index is 14.1. The van der Waals surface area contributed by atoms with E-state index in [2.05, 4.69) is 9.88 Å². The van der Waals surface area contributed by atoms with Crippen molar-refractivity contribution < 1.29 is 37.5 Å². The molecule has 240 valence electrons. The lowest BCUT2D eigenvalue weighted by Gasteiger charge is -2.45. The predicted octanol–water partition coefficient (Wildman–Crippen LogP) is 5.45. The number of carbonyl (C=O) groups excluding carboxylic acids is 3. The number of hydrogen-bond acceptors (Lipinski definition) is 7. The van der Waals surface area contributed by atoms with E-state index >= 15 is 0 Å². The molecule has 14 heteroatoms. The first kappa shape index (κ1) is 32.1. The van der Waals surface area contributed by atoms with E-state index in [9.17, 15) is 37.5 Å². The number of carboxylic acid groups (broad SMARTS) is 1. The summed E-state index contributed by atoms with van der Waals surface area (Å²) in [6, 6.07) is 1.90. The number of fused-ring (bicyclic) bond motifs is 1. The molecule has 10 nitrogen and oxygen atoms in total. The standard InChI is InChI=1S/C30H38F3N5O5S/c1-17(2)37-21(39)15-29(26(37)41)11-6-12-36(16-29)18-9-13-35(14-10-18)24(40)22-19-7-8-20(30(31,32)33)34-23(19)44-25(22)38(27(42)43)28(3,4)5/h7-8,17-18H,6,9-16H2,1-5H3,(H,42,43). The van der Waals surface area contributed by atoms with Crippen LogP contribution in [-0.2, 0) is 15.8 Å². The molecule has 3 aliphatic rings. The molecule has 5 rings (SSSR count). The van der Waals surface area contributed by atoms with Crippen molar-refractivity contribution in [1.29, 1.82) is 0 Å². The second kappa shape index (κ2) is 11.3. The van der Waals surface area contributed by atoms with Crippen molar-refractivity contribution in [3.8, 4) is 0 Å². The number of pyridine rings is 1. The van der Waals surface area contributed by atoms with E-state index < -0.39 is 34.8 Å². The number of likely N-dealkylation sites (tertiary alicyclic amines) is 3. The van der Waals surface area contributed by atoms with Crippen LogP contribution in [0, 0.1) is 5.41 Å². The van der Waals surface area contributed by atoms with Crippen molar-refractivity contribution in [2.45, 2.75) is 90.5 Å². The van der Waals surface area contributed by atoms with Gasteiger partial charge in [-0.05, 0) is 79.0 Å². The van der Waals surface area contributed by atoms with Gasteiger partial charge in [0.2, 0.25) is 11.8 Å². The molecule has 3 saturated heterocycles. The van der Waals surface area contributed by atoms with E-state index in [1.54, 1.807) is 25.7 Å². The zero-order chi connectivity index (χ0) is 32.4. The highest BCUT2D eigenvalue weighted by molar-refractivity contribution is 7.23. The Balaban J connectivity index is 1.39. The lowest BCUT2D eigenvalue weighted by molar-refractivity contribution is -0.145. The fourth-order valence-electron chi connectivity index (χ4n) is 6.90. The lowest BCUT2D eigenvalue weighted by atomic mass is 9.77. The monoisotopic (exact) mass is 637 g/mol. The van der Waals surface area contributed by atoms with Gasteiger partial charge in [0.05, 0.1) is 11.0 Å². The first-order valence-electron chi connectivity index (χ1n) is 14.9. The number of imide groups is 1. The predicted molar refractivity (Wildman–Crippen MR) is 159 cm³/mol. The highest BCUT2D eigenvalue weighted by Gasteiger charge is 2.54. The number of piperidine rings is 2. The van der Waals surface area contributed by atoms with Gasteiger partial charge in [-0.15, -0.1) is 0 Å². The molecule has 44 heavy (non-hydrogen) atoms. The minimum atomic E-state index is -4.70. The third kappa shape index (κ3) is 5.66. The molecule has 0 bridgehead atoms. The van der Waals surface area contributed by atoms with Crippen LogP contribution in [0.2, 0.25) is 0 Å². The molecule has 1 N–H and O–H groups in total. The minimum absolute atomic E-state index is 0.0303. The smallest absolute Gasteiger partial charge is 0.433 e. The number of hydrogen-bond donors (Lipinski definition) is 1. The van der Waals surface area contributed by atoms with Gasteiger partial charge in [0.15, 0.2) is 0 Å². The third-order valence-corrected chi connectivity index (χ3v) is 10.0. The number of rotatable bonds is 4. The van der Waals surface area contributed by atoms with Crippen LogP contribution in [0.15, 0.2) is 12.1 Å². The summed E-state index contributed by atoms with van der Waals surface area (Å²) in [4.78, 5) is 62.4.